The maximum Gasteiger partial charge on any atom is 0.324 e. The summed E-state index contributed by atoms with van der Waals surface area (Å²) >= 11 is 5.96. The molecule has 1 N–H and O–H groups in total. The number of anilines is 1. The van der Waals surface area contributed by atoms with E-state index >= 15 is 0 Å². The highest BCUT2D eigenvalue weighted by Crippen LogP contribution is 2.26. The molecule has 0 spiro atoms. The van der Waals surface area contributed by atoms with Crippen LogP contribution in [-0.4, -0.2) is 58.7 Å². The van der Waals surface area contributed by atoms with Crippen LogP contribution in [0.1, 0.15) is 30.5 Å². The first-order chi connectivity index (χ1) is 17.0. The minimum atomic E-state index is 0.0270. The first kappa shape index (κ1) is 23.8. The highest BCUT2D eigenvalue weighted by Gasteiger charge is 2.29. The third-order valence-electron chi connectivity index (χ3n) is 6.95. The number of rotatable bonds is 7. The highest BCUT2D eigenvalue weighted by molar-refractivity contribution is 6.30. The summed E-state index contributed by atoms with van der Waals surface area (Å²) in [5.41, 5.74) is 3.15. The maximum absolute atomic E-state index is 12.8. The number of piperidine rings is 1. The monoisotopic (exact) mass is 494 g/mol. The molecule has 2 fully saturated rings. The van der Waals surface area contributed by atoms with Gasteiger partial charge in [-0.3, -0.25) is 14.7 Å². The van der Waals surface area contributed by atoms with Crippen molar-refractivity contribution in [1.29, 1.82) is 0 Å². The summed E-state index contributed by atoms with van der Waals surface area (Å²) in [6.07, 6.45) is 4.59. The number of halogens is 1. The lowest BCUT2D eigenvalue weighted by atomic mass is 9.96. The van der Waals surface area contributed by atoms with E-state index in [-0.39, 0.29) is 11.8 Å². The Labute approximate surface area is 210 Å². The number of likely N-dealkylation sites (tertiary alicyclic amines) is 1. The molecule has 1 amide bonds. The van der Waals surface area contributed by atoms with Gasteiger partial charge in [0.05, 0.1) is 5.69 Å². The lowest BCUT2D eigenvalue weighted by molar-refractivity contribution is -0.125. The molecule has 0 aliphatic carbocycles. The Morgan fingerprint density at radius 2 is 1.91 bits per heavy atom. The summed E-state index contributed by atoms with van der Waals surface area (Å²) in [5.74, 6) is 1.23. The number of nitrogens with one attached hydrogen (secondary N) is 1. The van der Waals surface area contributed by atoms with Crippen molar-refractivity contribution >= 4 is 23.5 Å². The van der Waals surface area contributed by atoms with Gasteiger partial charge in [0.2, 0.25) is 11.7 Å². The van der Waals surface area contributed by atoms with Gasteiger partial charge < -0.3 is 14.7 Å². The van der Waals surface area contributed by atoms with Gasteiger partial charge in [-0.2, -0.15) is 4.98 Å². The zero-order chi connectivity index (χ0) is 24.2. The van der Waals surface area contributed by atoms with Gasteiger partial charge in [-0.05, 0) is 74.5 Å². The Hall–Kier alpha value is -2.97. The van der Waals surface area contributed by atoms with Crippen molar-refractivity contribution in [2.24, 2.45) is 11.8 Å². The van der Waals surface area contributed by atoms with Crippen molar-refractivity contribution in [1.82, 2.24) is 25.3 Å². The lowest BCUT2D eigenvalue weighted by Gasteiger charge is -2.30. The van der Waals surface area contributed by atoms with Gasteiger partial charge in [0, 0.05) is 55.4 Å². The number of carbonyl (C=O) groups is 1. The van der Waals surface area contributed by atoms with Gasteiger partial charge in [-0.1, -0.05) is 22.8 Å². The standard InChI is InChI=1S/C26H31ClN6O2/c1-18-2-7-23(28-14-18)17-32-11-8-19(16-32)15-29-25(34)21-9-12-33(13-10-21)26-30-24(31-35-26)20-3-5-22(27)6-4-20/h2-7,14,19,21H,8-13,15-17H2,1H3,(H,29,34). The number of aryl methyl sites for hydroxylation is 1. The normalized spacial score (nSPS) is 19.3. The van der Waals surface area contributed by atoms with E-state index in [2.05, 4.69) is 49.3 Å². The molecule has 2 aliphatic heterocycles. The molecule has 0 saturated carbocycles. The second-order valence-corrected chi connectivity index (χ2v) is 10.1. The molecule has 35 heavy (non-hydrogen) atoms. The van der Waals surface area contributed by atoms with E-state index in [0.29, 0.717) is 22.8 Å². The minimum absolute atomic E-state index is 0.0270. The molecule has 1 unspecified atom stereocenters. The topological polar surface area (TPSA) is 87.4 Å². The van der Waals surface area contributed by atoms with Crippen LogP contribution in [0, 0.1) is 18.8 Å². The van der Waals surface area contributed by atoms with Crippen molar-refractivity contribution < 1.29 is 9.32 Å². The highest BCUT2D eigenvalue weighted by atomic mass is 35.5. The number of hydrogen-bond donors (Lipinski definition) is 1. The molecular weight excluding hydrogens is 464 g/mol. The van der Waals surface area contributed by atoms with Crippen LogP contribution < -0.4 is 10.2 Å². The van der Waals surface area contributed by atoms with Crippen LogP contribution in [0.5, 0.6) is 0 Å². The average molecular weight is 495 g/mol. The summed E-state index contributed by atoms with van der Waals surface area (Å²) in [5, 5.41) is 7.98. The van der Waals surface area contributed by atoms with Crippen molar-refractivity contribution in [2.75, 3.05) is 37.6 Å². The summed E-state index contributed by atoms with van der Waals surface area (Å²) in [4.78, 5) is 26.3. The van der Waals surface area contributed by atoms with Crippen LogP contribution in [0.2, 0.25) is 5.02 Å². The van der Waals surface area contributed by atoms with Gasteiger partial charge >= 0.3 is 6.01 Å². The maximum atomic E-state index is 12.8. The van der Waals surface area contributed by atoms with Gasteiger partial charge in [0.1, 0.15) is 0 Å². The molecule has 0 bridgehead atoms. The van der Waals surface area contributed by atoms with Crippen LogP contribution in [0.4, 0.5) is 6.01 Å². The Bertz CT molecular complexity index is 1130. The SMILES string of the molecule is Cc1ccc(CN2CCC(CNC(=O)C3CCN(c4nc(-c5ccc(Cl)cc5)no4)CC3)C2)nc1. The van der Waals surface area contributed by atoms with Crippen LogP contribution in [0.15, 0.2) is 47.1 Å². The Morgan fingerprint density at radius 3 is 2.66 bits per heavy atom. The van der Waals surface area contributed by atoms with Gasteiger partial charge in [0.25, 0.3) is 0 Å². The fourth-order valence-corrected chi connectivity index (χ4v) is 4.95. The molecule has 9 heteroatoms. The van der Waals surface area contributed by atoms with Gasteiger partial charge in [0.15, 0.2) is 0 Å². The third-order valence-corrected chi connectivity index (χ3v) is 7.20. The van der Waals surface area contributed by atoms with Crippen LogP contribution in [-0.2, 0) is 11.3 Å². The second kappa shape index (κ2) is 10.7. The predicted octanol–water partition coefficient (Wildman–Crippen LogP) is 3.95. The molecule has 184 valence electrons. The van der Waals surface area contributed by atoms with Crippen LogP contribution in [0.3, 0.4) is 0 Å². The molecule has 3 aromatic rings. The molecule has 0 radical (unpaired) electrons. The lowest BCUT2D eigenvalue weighted by Crippen LogP contribution is -2.42. The Balaban J connectivity index is 1.05. The summed E-state index contributed by atoms with van der Waals surface area (Å²) < 4.78 is 5.48. The number of pyridine rings is 1. The molecular formula is C26H31ClN6O2. The average Bonchev–Trinajstić information content (AvgIpc) is 3.55. The molecule has 4 heterocycles. The zero-order valence-corrected chi connectivity index (χ0v) is 20.7. The third kappa shape index (κ3) is 6.00. The van der Waals surface area contributed by atoms with Gasteiger partial charge in [-0.25, -0.2) is 0 Å². The van der Waals surface area contributed by atoms with E-state index in [9.17, 15) is 4.79 Å². The van der Waals surface area contributed by atoms with Crippen molar-refractivity contribution in [3.05, 3.63) is 58.9 Å². The van der Waals surface area contributed by atoms with E-state index in [1.54, 1.807) is 12.1 Å². The predicted molar refractivity (Wildman–Crippen MR) is 135 cm³/mol. The van der Waals surface area contributed by atoms with Crippen molar-refractivity contribution in [2.45, 2.75) is 32.7 Å². The largest absolute Gasteiger partial charge is 0.356 e. The molecule has 8 nitrogen and oxygen atoms in total. The number of amides is 1. The first-order valence-electron chi connectivity index (χ1n) is 12.3. The molecule has 1 aromatic carbocycles. The van der Waals surface area contributed by atoms with E-state index in [1.807, 2.05) is 18.3 Å². The number of aromatic nitrogens is 3. The zero-order valence-electron chi connectivity index (χ0n) is 20.0. The molecule has 2 aromatic heterocycles. The Morgan fingerprint density at radius 1 is 1.11 bits per heavy atom. The van der Waals surface area contributed by atoms with Crippen molar-refractivity contribution in [3.8, 4) is 11.4 Å². The van der Waals surface area contributed by atoms with Crippen LogP contribution >= 0.6 is 11.6 Å². The quantitative estimate of drug-likeness (QED) is 0.532. The number of carbonyl (C=O) groups excluding carboxylic acids is 1. The van der Waals surface area contributed by atoms with E-state index in [1.165, 1.54) is 5.56 Å². The fraction of sp³-hybridized carbons (Fsp3) is 0.462. The number of benzene rings is 1. The van der Waals surface area contributed by atoms with E-state index < -0.39 is 0 Å². The number of hydrogen-bond acceptors (Lipinski definition) is 7. The molecule has 2 aliphatic rings. The van der Waals surface area contributed by atoms with Gasteiger partial charge in [-0.15, -0.1) is 0 Å². The summed E-state index contributed by atoms with van der Waals surface area (Å²) in [6.45, 7) is 7.17. The van der Waals surface area contributed by atoms with Crippen LogP contribution in [0.25, 0.3) is 11.4 Å². The molecule has 1 atom stereocenters. The van der Waals surface area contributed by atoms with Crippen molar-refractivity contribution in [3.63, 3.8) is 0 Å². The smallest absolute Gasteiger partial charge is 0.324 e. The second-order valence-electron chi connectivity index (χ2n) is 9.63. The minimum Gasteiger partial charge on any atom is -0.356 e. The van der Waals surface area contributed by atoms with E-state index in [0.717, 1.165) is 69.8 Å². The molecule has 2 saturated heterocycles. The first-order valence-corrected chi connectivity index (χ1v) is 12.7. The summed E-state index contributed by atoms with van der Waals surface area (Å²) in [7, 11) is 0. The van der Waals surface area contributed by atoms with E-state index in [4.69, 9.17) is 16.1 Å². The summed E-state index contributed by atoms with van der Waals surface area (Å²) in [6, 6.07) is 12.1. The fourth-order valence-electron chi connectivity index (χ4n) is 4.83. The molecule has 5 rings (SSSR count). The Kier molecular flexibility index (Phi) is 7.29. The number of nitrogens with zero attached hydrogens (tertiary/aromatic N) is 5.